The second kappa shape index (κ2) is 9.49. The fourth-order valence-electron chi connectivity index (χ4n) is 1.53. The lowest BCUT2D eigenvalue weighted by Gasteiger charge is -2.22. The molecule has 0 spiro atoms. The van der Waals surface area contributed by atoms with Crippen LogP contribution in [-0.4, -0.2) is 22.1 Å². The van der Waals surface area contributed by atoms with Gasteiger partial charge in [0.2, 0.25) is 0 Å². The molecule has 0 saturated heterocycles. The Labute approximate surface area is 109 Å². The van der Waals surface area contributed by atoms with Gasteiger partial charge >= 0.3 is 0 Å². The van der Waals surface area contributed by atoms with Crippen molar-refractivity contribution < 1.29 is 9.90 Å². The zero-order valence-electron chi connectivity index (χ0n) is 11.2. The highest BCUT2D eigenvalue weighted by atomic mass is 32.2. The topological polar surface area (TPSA) is 37.3 Å². The summed E-state index contributed by atoms with van der Waals surface area (Å²) in [4.78, 5) is 11.6. The lowest BCUT2D eigenvalue weighted by atomic mass is 9.92. The number of hydrogen-bond donors (Lipinski definition) is 1. The maximum atomic E-state index is 11.6. The van der Waals surface area contributed by atoms with E-state index in [0.29, 0.717) is 0 Å². The van der Waals surface area contributed by atoms with Gasteiger partial charge in [0, 0.05) is 0 Å². The highest BCUT2D eigenvalue weighted by molar-refractivity contribution is 8.13. The predicted molar refractivity (Wildman–Crippen MR) is 76.0 cm³/mol. The van der Waals surface area contributed by atoms with Crippen molar-refractivity contribution in [3.63, 3.8) is 0 Å². The van der Waals surface area contributed by atoms with E-state index in [-0.39, 0.29) is 17.0 Å². The molecule has 3 atom stereocenters. The molecule has 98 valence electrons. The second-order valence-corrected chi connectivity index (χ2v) is 5.47. The molecule has 1 N–H and O–H groups in total. The molecule has 0 aromatic carbocycles. The molecular weight excluding hydrogens is 232 g/mol. The molecule has 0 amide bonds. The number of carbonyl (C=O) groups is 1. The van der Waals surface area contributed by atoms with E-state index in [9.17, 15) is 9.90 Å². The van der Waals surface area contributed by atoms with Crippen molar-refractivity contribution in [2.45, 2.75) is 40.2 Å². The van der Waals surface area contributed by atoms with E-state index in [1.54, 1.807) is 0 Å². The van der Waals surface area contributed by atoms with Crippen LogP contribution in [0.1, 0.15) is 34.1 Å². The SMILES string of the molecule is C/C=C/C=C/C[C@@H](C)[C@H](O)[C@@H](C)C(=O)SCC. The molecule has 0 saturated carbocycles. The molecule has 0 fully saturated rings. The predicted octanol–water partition coefficient (Wildman–Crippen LogP) is 3.42. The molecule has 0 bridgehead atoms. The van der Waals surface area contributed by atoms with Gasteiger partial charge in [-0.25, -0.2) is 0 Å². The lowest BCUT2D eigenvalue weighted by Crippen LogP contribution is -2.29. The quantitative estimate of drug-likeness (QED) is 0.709. The van der Waals surface area contributed by atoms with E-state index in [2.05, 4.69) is 0 Å². The largest absolute Gasteiger partial charge is 0.392 e. The number of thioether (sulfide) groups is 1. The van der Waals surface area contributed by atoms with E-state index in [0.717, 1.165) is 12.2 Å². The molecule has 0 radical (unpaired) electrons. The van der Waals surface area contributed by atoms with E-state index in [4.69, 9.17) is 0 Å². The Hall–Kier alpha value is -0.540. The van der Waals surface area contributed by atoms with Gasteiger partial charge in [0.15, 0.2) is 5.12 Å². The van der Waals surface area contributed by atoms with Gasteiger partial charge in [0.25, 0.3) is 0 Å². The number of carbonyl (C=O) groups excluding carboxylic acids is 1. The summed E-state index contributed by atoms with van der Waals surface area (Å²) in [7, 11) is 0. The Kier molecular flexibility index (Phi) is 9.18. The number of allylic oxidation sites excluding steroid dienone is 4. The van der Waals surface area contributed by atoms with Crippen LogP contribution in [0.3, 0.4) is 0 Å². The standard InChI is InChI=1S/C14H24O2S/c1-5-7-8-9-10-11(3)13(15)12(4)14(16)17-6-2/h5,7-9,11-13,15H,6,10H2,1-4H3/b7-5+,9-8+/t11-,12-,13+/m1/s1. The van der Waals surface area contributed by atoms with E-state index in [1.165, 1.54) is 11.8 Å². The van der Waals surface area contributed by atoms with E-state index in [1.807, 2.05) is 52.0 Å². The Bertz CT molecular complexity index is 271. The molecule has 0 rings (SSSR count). The first kappa shape index (κ1) is 16.5. The van der Waals surface area contributed by atoms with Crippen LogP contribution in [0.15, 0.2) is 24.3 Å². The van der Waals surface area contributed by atoms with Crippen LogP contribution in [0.2, 0.25) is 0 Å². The van der Waals surface area contributed by atoms with Gasteiger partial charge in [0.05, 0.1) is 12.0 Å². The monoisotopic (exact) mass is 256 g/mol. The van der Waals surface area contributed by atoms with Crippen molar-refractivity contribution in [1.29, 1.82) is 0 Å². The summed E-state index contributed by atoms with van der Waals surface area (Å²) in [5.41, 5.74) is 0. The molecule has 0 aromatic rings. The number of aliphatic hydroxyl groups is 1. The molecule has 3 heteroatoms. The average molecular weight is 256 g/mol. The Morgan fingerprint density at radius 2 is 2.00 bits per heavy atom. The summed E-state index contributed by atoms with van der Waals surface area (Å²) >= 11 is 1.29. The van der Waals surface area contributed by atoms with Gasteiger partial charge in [-0.05, 0) is 25.0 Å². The van der Waals surface area contributed by atoms with Gasteiger partial charge in [-0.2, -0.15) is 0 Å². The Balaban J connectivity index is 4.19. The molecule has 0 aliphatic carbocycles. The van der Waals surface area contributed by atoms with Crippen molar-refractivity contribution in [3.8, 4) is 0 Å². The molecule has 0 heterocycles. The molecule has 17 heavy (non-hydrogen) atoms. The summed E-state index contributed by atoms with van der Waals surface area (Å²) in [5.74, 6) is 0.587. The van der Waals surface area contributed by atoms with Crippen LogP contribution in [0.5, 0.6) is 0 Å². The third kappa shape index (κ3) is 6.69. The summed E-state index contributed by atoms with van der Waals surface area (Å²) in [6.07, 6.45) is 8.15. The van der Waals surface area contributed by atoms with Gasteiger partial charge in [0.1, 0.15) is 0 Å². The summed E-state index contributed by atoms with van der Waals surface area (Å²) < 4.78 is 0. The van der Waals surface area contributed by atoms with Crippen LogP contribution in [-0.2, 0) is 4.79 Å². The first-order chi connectivity index (χ1) is 8.04. The van der Waals surface area contributed by atoms with Crippen molar-refractivity contribution in [2.75, 3.05) is 5.75 Å². The van der Waals surface area contributed by atoms with Crippen LogP contribution >= 0.6 is 11.8 Å². The minimum absolute atomic E-state index is 0.0873. The van der Waals surface area contributed by atoms with Gasteiger partial charge in [-0.15, -0.1) is 0 Å². The molecule has 0 aromatic heterocycles. The summed E-state index contributed by atoms with van der Waals surface area (Å²) in [6, 6.07) is 0. The fraction of sp³-hybridized carbons (Fsp3) is 0.643. The minimum atomic E-state index is -0.559. The van der Waals surface area contributed by atoms with Crippen molar-refractivity contribution in [2.24, 2.45) is 11.8 Å². The normalized spacial score (nSPS) is 17.5. The number of rotatable bonds is 7. The maximum Gasteiger partial charge on any atom is 0.194 e. The van der Waals surface area contributed by atoms with Gasteiger partial charge in [-0.3, -0.25) is 4.79 Å². The Morgan fingerprint density at radius 1 is 1.35 bits per heavy atom. The minimum Gasteiger partial charge on any atom is -0.392 e. The zero-order chi connectivity index (χ0) is 13.3. The van der Waals surface area contributed by atoms with Crippen molar-refractivity contribution in [3.05, 3.63) is 24.3 Å². The van der Waals surface area contributed by atoms with E-state index < -0.39 is 6.10 Å². The third-order valence-electron chi connectivity index (χ3n) is 2.70. The van der Waals surface area contributed by atoms with Gasteiger partial charge < -0.3 is 5.11 Å². The highest BCUT2D eigenvalue weighted by Crippen LogP contribution is 2.21. The van der Waals surface area contributed by atoms with Crippen LogP contribution < -0.4 is 0 Å². The number of hydrogen-bond acceptors (Lipinski definition) is 3. The Morgan fingerprint density at radius 3 is 2.53 bits per heavy atom. The van der Waals surface area contributed by atoms with Crippen molar-refractivity contribution >= 4 is 16.9 Å². The third-order valence-corrected chi connectivity index (χ3v) is 3.65. The van der Waals surface area contributed by atoms with Crippen LogP contribution in [0, 0.1) is 11.8 Å². The smallest absolute Gasteiger partial charge is 0.194 e. The van der Waals surface area contributed by atoms with Crippen molar-refractivity contribution in [1.82, 2.24) is 0 Å². The summed E-state index contributed by atoms with van der Waals surface area (Å²) in [6.45, 7) is 7.70. The highest BCUT2D eigenvalue weighted by Gasteiger charge is 2.25. The lowest BCUT2D eigenvalue weighted by molar-refractivity contribution is -0.118. The average Bonchev–Trinajstić information content (AvgIpc) is 2.32. The maximum absolute atomic E-state index is 11.6. The second-order valence-electron chi connectivity index (χ2n) is 4.20. The molecule has 0 unspecified atom stereocenters. The first-order valence-corrected chi connectivity index (χ1v) is 7.15. The van der Waals surface area contributed by atoms with Crippen LogP contribution in [0.4, 0.5) is 0 Å². The van der Waals surface area contributed by atoms with E-state index >= 15 is 0 Å². The molecule has 0 aliphatic rings. The van der Waals surface area contributed by atoms with Crippen LogP contribution in [0.25, 0.3) is 0 Å². The van der Waals surface area contributed by atoms with Gasteiger partial charge in [-0.1, -0.05) is 56.8 Å². The zero-order valence-corrected chi connectivity index (χ0v) is 12.0. The fourth-order valence-corrected chi connectivity index (χ4v) is 2.22. The number of aliphatic hydroxyl groups excluding tert-OH is 1. The summed E-state index contributed by atoms with van der Waals surface area (Å²) in [5, 5.41) is 10.1. The molecule has 2 nitrogen and oxygen atoms in total. The molecular formula is C14H24O2S. The first-order valence-electron chi connectivity index (χ1n) is 6.17. The molecule has 0 aliphatic heterocycles.